The van der Waals surface area contributed by atoms with Gasteiger partial charge in [0.15, 0.2) is 0 Å². The molecule has 0 saturated carbocycles. The molecule has 0 saturated heterocycles. The van der Waals surface area contributed by atoms with Gasteiger partial charge in [0.25, 0.3) is 0 Å². The highest BCUT2D eigenvalue weighted by Crippen LogP contribution is 2.21. The monoisotopic (exact) mass is 292 g/mol. The van der Waals surface area contributed by atoms with Crippen LogP contribution in [0.25, 0.3) is 0 Å². The van der Waals surface area contributed by atoms with Crippen molar-refractivity contribution in [1.82, 2.24) is 4.98 Å². The number of hydrogen-bond donors (Lipinski definition) is 2. The van der Waals surface area contributed by atoms with E-state index in [1.807, 2.05) is 13.0 Å². The Balaban J connectivity index is 3.13. The fourth-order valence-electron chi connectivity index (χ4n) is 1.04. The molecule has 1 aromatic heterocycles. The van der Waals surface area contributed by atoms with E-state index < -0.39 is 6.09 Å². The van der Waals surface area contributed by atoms with E-state index in [0.717, 1.165) is 9.26 Å². The summed E-state index contributed by atoms with van der Waals surface area (Å²) < 4.78 is 0.866. The van der Waals surface area contributed by atoms with Crippen molar-refractivity contribution in [3.63, 3.8) is 0 Å². The number of carbonyl (C=O) groups is 1. The SMILES string of the molecule is Cc1cc(I)c(NC(=O)O)c(C)n1. The van der Waals surface area contributed by atoms with E-state index in [2.05, 4.69) is 32.9 Å². The van der Waals surface area contributed by atoms with Gasteiger partial charge in [-0.2, -0.15) is 0 Å². The van der Waals surface area contributed by atoms with Crippen molar-refractivity contribution in [1.29, 1.82) is 0 Å². The van der Waals surface area contributed by atoms with E-state index in [4.69, 9.17) is 5.11 Å². The number of anilines is 1. The first-order valence-corrected chi connectivity index (χ1v) is 4.72. The Bertz CT molecular complexity index is 329. The fourth-order valence-corrected chi connectivity index (χ4v) is 2.01. The molecule has 5 heteroatoms. The summed E-state index contributed by atoms with van der Waals surface area (Å²) in [6.45, 7) is 3.65. The lowest BCUT2D eigenvalue weighted by Crippen LogP contribution is -2.11. The van der Waals surface area contributed by atoms with Crippen molar-refractivity contribution in [2.45, 2.75) is 13.8 Å². The Hall–Kier alpha value is -0.850. The van der Waals surface area contributed by atoms with Gasteiger partial charge in [-0.15, -0.1) is 0 Å². The van der Waals surface area contributed by atoms with Crippen LogP contribution in [0.3, 0.4) is 0 Å². The topological polar surface area (TPSA) is 62.2 Å². The molecule has 1 amide bonds. The highest BCUT2D eigenvalue weighted by molar-refractivity contribution is 14.1. The van der Waals surface area contributed by atoms with Crippen LogP contribution in [0, 0.1) is 17.4 Å². The standard InChI is InChI=1S/C8H9IN2O2/c1-4-3-6(9)7(5(2)10-4)11-8(12)13/h3,11H,1-2H3,(H,12,13). The molecule has 13 heavy (non-hydrogen) atoms. The number of nitrogens with one attached hydrogen (secondary N) is 1. The lowest BCUT2D eigenvalue weighted by molar-refractivity contribution is 0.209. The van der Waals surface area contributed by atoms with Gasteiger partial charge in [0.05, 0.1) is 11.4 Å². The molecule has 70 valence electrons. The predicted octanol–water partition coefficient (Wildman–Crippen LogP) is 2.39. The van der Waals surface area contributed by atoms with Crippen molar-refractivity contribution in [3.8, 4) is 0 Å². The summed E-state index contributed by atoms with van der Waals surface area (Å²) >= 11 is 2.08. The minimum atomic E-state index is -1.06. The molecule has 0 spiro atoms. The Kier molecular flexibility index (Phi) is 3.07. The third kappa shape index (κ3) is 2.55. The van der Waals surface area contributed by atoms with E-state index in [1.54, 1.807) is 6.92 Å². The van der Waals surface area contributed by atoms with Crippen LogP contribution in [0.5, 0.6) is 0 Å². The van der Waals surface area contributed by atoms with E-state index in [0.29, 0.717) is 11.4 Å². The van der Waals surface area contributed by atoms with E-state index >= 15 is 0 Å². The van der Waals surface area contributed by atoms with E-state index in [9.17, 15) is 4.79 Å². The number of nitrogens with zero attached hydrogens (tertiary/aromatic N) is 1. The zero-order chi connectivity index (χ0) is 10.0. The van der Waals surface area contributed by atoms with Gasteiger partial charge in [0, 0.05) is 9.26 Å². The molecule has 0 fully saturated rings. The normalized spacial score (nSPS) is 9.77. The van der Waals surface area contributed by atoms with Crippen molar-refractivity contribution in [2.24, 2.45) is 0 Å². The third-order valence-electron chi connectivity index (χ3n) is 1.51. The molecule has 0 radical (unpaired) electrons. The number of pyridine rings is 1. The summed E-state index contributed by atoms with van der Waals surface area (Å²) in [6, 6.07) is 1.83. The van der Waals surface area contributed by atoms with Gasteiger partial charge >= 0.3 is 6.09 Å². The first kappa shape index (κ1) is 10.2. The lowest BCUT2D eigenvalue weighted by Gasteiger charge is -2.07. The van der Waals surface area contributed by atoms with Crippen molar-refractivity contribution < 1.29 is 9.90 Å². The molecule has 2 N–H and O–H groups in total. The minimum Gasteiger partial charge on any atom is -0.465 e. The zero-order valence-corrected chi connectivity index (χ0v) is 9.42. The summed E-state index contributed by atoms with van der Waals surface area (Å²) in [7, 11) is 0. The molecule has 0 aliphatic carbocycles. The van der Waals surface area contributed by atoms with Crippen molar-refractivity contribution >= 4 is 34.4 Å². The maximum absolute atomic E-state index is 10.4. The van der Waals surface area contributed by atoms with Gasteiger partial charge < -0.3 is 5.11 Å². The smallest absolute Gasteiger partial charge is 0.409 e. The third-order valence-corrected chi connectivity index (χ3v) is 2.36. The molecule has 0 aliphatic heterocycles. The number of carboxylic acid groups (broad SMARTS) is 1. The summed E-state index contributed by atoms with van der Waals surface area (Å²) in [6.07, 6.45) is -1.06. The molecule has 1 aromatic rings. The molecule has 0 atom stereocenters. The van der Waals surface area contributed by atoms with Gasteiger partial charge in [-0.1, -0.05) is 0 Å². The van der Waals surface area contributed by atoms with Crippen LogP contribution in [0.15, 0.2) is 6.07 Å². The van der Waals surface area contributed by atoms with Gasteiger partial charge in [0.2, 0.25) is 0 Å². The second kappa shape index (κ2) is 3.91. The Labute approximate surface area is 89.5 Å². The van der Waals surface area contributed by atoms with Crippen LogP contribution < -0.4 is 5.32 Å². The van der Waals surface area contributed by atoms with Crippen LogP contribution >= 0.6 is 22.6 Å². The summed E-state index contributed by atoms with van der Waals surface area (Å²) in [5, 5.41) is 10.9. The summed E-state index contributed by atoms with van der Waals surface area (Å²) in [5.41, 5.74) is 2.16. The second-order valence-corrected chi connectivity index (χ2v) is 3.80. The molecule has 0 bridgehead atoms. The molecular formula is C8H9IN2O2. The van der Waals surface area contributed by atoms with Gasteiger partial charge in [-0.25, -0.2) is 4.79 Å². The maximum Gasteiger partial charge on any atom is 0.409 e. The second-order valence-electron chi connectivity index (χ2n) is 2.64. The Morgan fingerprint density at radius 1 is 1.62 bits per heavy atom. The molecule has 0 aliphatic rings. The molecule has 1 rings (SSSR count). The van der Waals surface area contributed by atoms with E-state index in [1.165, 1.54) is 0 Å². The van der Waals surface area contributed by atoms with Crippen LogP contribution in [-0.4, -0.2) is 16.2 Å². The van der Waals surface area contributed by atoms with Crippen LogP contribution in [0.2, 0.25) is 0 Å². The highest BCUT2D eigenvalue weighted by Gasteiger charge is 2.08. The van der Waals surface area contributed by atoms with E-state index in [-0.39, 0.29) is 0 Å². The predicted molar refractivity (Wildman–Crippen MR) is 58.1 cm³/mol. The van der Waals surface area contributed by atoms with Crippen molar-refractivity contribution in [3.05, 3.63) is 21.0 Å². The zero-order valence-electron chi connectivity index (χ0n) is 7.26. The fraction of sp³-hybridized carbons (Fsp3) is 0.250. The largest absolute Gasteiger partial charge is 0.465 e. The van der Waals surface area contributed by atoms with Gasteiger partial charge in [0.1, 0.15) is 0 Å². The minimum absolute atomic E-state index is 0.568. The molecule has 0 aromatic carbocycles. The maximum atomic E-state index is 10.4. The number of rotatable bonds is 1. The molecule has 4 nitrogen and oxygen atoms in total. The number of aromatic nitrogens is 1. The number of hydrogen-bond acceptors (Lipinski definition) is 2. The molecule has 1 heterocycles. The number of halogens is 1. The Morgan fingerprint density at radius 3 is 2.69 bits per heavy atom. The van der Waals surface area contributed by atoms with Crippen LogP contribution in [0.4, 0.5) is 10.5 Å². The summed E-state index contributed by atoms with van der Waals surface area (Å²) in [4.78, 5) is 14.6. The number of amides is 1. The Morgan fingerprint density at radius 2 is 2.23 bits per heavy atom. The van der Waals surface area contributed by atoms with Crippen LogP contribution in [-0.2, 0) is 0 Å². The summed E-state index contributed by atoms with van der Waals surface area (Å²) in [5.74, 6) is 0. The first-order chi connectivity index (χ1) is 6.00. The van der Waals surface area contributed by atoms with Gasteiger partial charge in [-0.3, -0.25) is 10.3 Å². The molecular weight excluding hydrogens is 283 g/mol. The van der Waals surface area contributed by atoms with Crippen LogP contribution in [0.1, 0.15) is 11.4 Å². The average molecular weight is 292 g/mol. The molecule has 0 unspecified atom stereocenters. The first-order valence-electron chi connectivity index (χ1n) is 3.64. The van der Waals surface area contributed by atoms with Gasteiger partial charge in [-0.05, 0) is 42.5 Å². The average Bonchev–Trinajstić information content (AvgIpc) is 1.96. The number of aryl methyl sites for hydroxylation is 2. The lowest BCUT2D eigenvalue weighted by atomic mass is 10.3. The van der Waals surface area contributed by atoms with Crippen molar-refractivity contribution in [2.75, 3.05) is 5.32 Å². The quantitative estimate of drug-likeness (QED) is 0.781. The highest BCUT2D eigenvalue weighted by atomic mass is 127.